The van der Waals surface area contributed by atoms with E-state index in [0.29, 0.717) is 21.1 Å². The van der Waals surface area contributed by atoms with Gasteiger partial charge in [0.15, 0.2) is 10.8 Å². The highest BCUT2D eigenvalue weighted by Crippen LogP contribution is 2.33. The molecule has 0 unspecified atom stereocenters. The van der Waals surface area contributed by atoms with Crippen LogP contribution in [0.4, 0.5) is 11.6 Å². The molecular weight excluding hydrogens is 456 g/mol. The topological polar surface area (TPSA) is 118 Å². The first-order chi connectivity index (χ1) is 14.0. The number of hydrogen-bond acceptors (Lipinski definition) is 7. The number of aromatic nitrogens is 5. The molecule has 29 heavy (non-hydrogen) atoms. The number of nitrogens with zero attached hydrogens (tertiary/aromatic N) is 6. The molecule has 1 atom stereocenters. The summed E-state index contributed by atoms with van der Waals surface area (Å²) in [4.78, 5) is 12.8. The lowest BCUT2D eigenvalue weighted by molar-refractivity contribution is 0.830. The number of nitrogens with one attached hydrogen (secondary N) is 1. The van der Waals surface area contributed by atoms with E-state index in [1.807, 2.05) is 49.5 Å². The van der Waals surface area contributed by atoms with E-state index in [9.17, 15) is 5.26 Å². The van der Waals surface area contributed by atoms with Crippen LogP contribution in [0.25, 0.3) is 16.9 Å². The molecule has 0 spiro atoms. The Hall–Kier alpha value is -3.22. The molecule has 4 rings (SSSR count). The van der Waals surface area contributed by atoms with Gasteiger partial charge >= 0.3 is 0 Å². The van der Waals surface area contributed by atoms with Crippen molar-refractivity contribution in [3.05, 3.63) is 63.6 Å². The fourth-order valence-electron chi connectivity index (χ4n) is 2.98. The summed E-state index contributed by atoms with van der Waals surface area (Å²) in [7, 11) is 0. The number of benzene rings is 1. The molecule has 144 valence electrons. The van der Waals surface area contributed by atoms with Crippen molar-refractivity contribution in [3.63, 3.8) is 0 Å². The molecule has 0 saturated carbocycles. The predicted octanol–water partition coefficient (Wildman–Crippen LogP) is 4.23. The predicted molar refractivity (Wildman–Crippen MR) is 114 cm³/mol. The van der Waals surface area contributed by atoms with Gasteiger partial charge in [0.2, 0.25) is 0 Å². The SMILES string of the molecule is C[C@H](Nc1ncnc(N)c1C#N)c1cn2nc(Cl)c(Br)c2nc1-c1ccccc1. The van der Waals surface area contributed by atoms with Crippen LogP contribution in [-0.2, 0) is 0 Å². The van der Waals surface area contributed by atoms with Crippen molar-refractivity contribution in [3.8, 4) is 17.3 Å². The Balaban J connectivity index is 1.86. The molecule has 0 radical (unpaired) electrons. The highest BCUT2D eigenvalue weighted by molar-refractivity contribution is 9.10. The maximum Gasteiger partial charge on any atom is 0.171 e. The molecule has 0 fully saturated rings. The molecule has 0 saturated heterocycles. The third-order valence-electron chi connectivity index (χ3n) is 4.40. The number of hydrogen-bond donors (Lipinski definition) is 2. The van der Waals surface area contributed by atoms with Crippen LogP contribution in [0.2, 0.25) is 5.15 Å². The Bertz CT molecular complexity index is 1250. The minimum absolute atomic E-state index is 0.122. The molecule has 4 aromatic rings. The van der Waals surface area contributed by atoms with Crippen LogP contribution in [0.5, 0.6) is 0 Å². The smallest absolute Gasteiger partial charge is 0.171 e. The van der Waals surface area contributed by atoms with Crippen molar-refractivity contribution < 1.29 is 0 Å². The van der Waals surface area contributed by atoms with E-state index in [2.05, 4.69) is 36.3 Å². The molecule has 3 N–H and O–H groups in total. The second-order valence-corrected chi connectivity index (χ2v) is 7.40. The first kappa shape index (κ1) is 19.1. The third kappa shape index (κ3) is 3.48. The summed E-state index contributed by atoms with van der Waals surface area (Å²) in [6, 6.07) is 11.6. The summed E-state index contributed by atoms with van der Waals surface area (Å²) in [5.41, 5.74) is 9.14. The van der Waals surface area contributed by atoms with Gasteiger partial charge in [-0.2, -0.15) is 10.4 Å². The van der Waals surface area contributed by atoms with E-state index < -0.39 is 0 Å². The second-order valence-electron chi connectivity index (χ2n) is 6.24. The molecule has 8 nitrogen and oxygen atoms in total. The summed E-state index contributed by atoms with van der Waals surface area (Å²) in [6.07, 6.45) is 3.17. The number of halogens is 2. The maximum atomic E-state index is 9.39. The molecule has 1 aromatic carbocycles. The molecule has 10 heteroatoms. The summed E-state index contributed by atoms with van der Waals surface area (Å²) in [5.74, 6) is 0.475. The van der Waals surface area contributed by atoms with Crippen LogP contribution in [-0.4, -0.2) is 24.6 Å². The zero-order chi connectivity index (χ0) is 20.5. The van der Waals surface area contributed by atoms with E-state index in [1.165, 1.54) is 6.33 Å². The maximum absolute atomic E-state index is 9.39. The van der Waals surface area contributed by atoms with Gasteiger partial charge in [-0.05, 0) is 22.9 Å². The Labute approximate surface area is 179 Å². The lowest BCUT2D eigenvalue weighted by atomic mass is 10.0. The lowest BCUT2D eigenvalue weighted by Crippen LogP contribution is -2.14. The highest BCUT2D eigenvalue weighted by Gasteiger charge is 2.20. The van der Waals surface area contributed by atoms with Gasteiger partial charge in [-0.25, -0.2) is 19.5 Å². The van der Waals surface area contributed by atoms with Crippen LogP contribution in [0.15, 0.2) is 47.3 Å². The highest BCUT2D eigenvalue weighted by atomic mass is 79.9. The first-order valence-corrected chi connectivity index (χ1v) is 9.73. The summed E-state index contributed by atoms with van der Waals surface area (Å²) >= 11 is 9.61. The normalized spacial score (nSPS) is 11.9. The minimum Gasteiger partial charge on any atom is -0.382 e. The quantitative estimate of drug-likeness (QED) is 0.459. The van der Waals surface area contributed by atoms with E-state index in [-0.39, 0.29) is 17.4 Å². The Morgan fingerprint density at radius 1 is 1.28 bits per heavy atom. The number of nitrogen functional groups attached to an aromatic ring is 1. The van der Waals surface area contributed by atoms with Gasteiger partial charge < -0.3 is 11.1 Å². The van der Waals surface area contributed by atoms with Crippen molar-refractivity contribution in [2.24, 2.45) is 0 Å². The molecular formula is C19H14BrClN8. The van der Waals surface area contributed by atoms with Crippen LogP contribution >= 0.6 is 27.5 Å². The van der Waals surface area contributed by atoms with Crippen LogP contribution in [0.3, 0.4) is 0 Å². The fraction of sp³-hybridized carbons (Fsp3) is 0.105. The van der Waals surface area contributed by atoms with Crippen molar-refractivity contribution in [2.45, 2.75) is 13.0 Å². The number of nitriles is 1. The van der Waals surface area contributed by atoms with Crippen molar-refractivity contribution in [1.82, 2.24) is 24.6 Å². The van der Waals surface area contributed by atoms with Gasteiger partial charge in [0.05, 0.1) is 11.7 Å². The molecule has 0 aliphatic heterocycles. The van der Waals surface area contributed by atoms with Gasteiger partial charge in [-0.1, -0.05) is 41.9 Å². The van der Waals surface area contributed by atoms with Gasteiger partial charge in [-0.3, -0.25) is 0 Å². The number of rotatable bonds is 4. The minimum atomic E-state index is -0.273. The summed E-state index contributed by atoms with van der Waals surface area (Å²) in [6.45, 7) is 1.94. The fourth-order valence-corrected chi connectivity index (χ4v) is 3.49. The number of fused-ring (bicyclic) bond motifs is 1. The number of anilines is 2. The summed E-state index contributed by atoms with van der Waals surface area (Å²) in [5, 5.41) is 17.2. The Morgan fingerprint density at radius 3 is 2.76 bits per heavy atom. The first-order valence-electron chi connectivity index (χ1n) is 8.56. The van der Waals surface area contributed by atoms with E-state index in [4.69, 9.17) is 22.3 Å². The van der Waals surface area contributed by atoms with Crippen molar-refractivity contribution in [2.75, 3.05) is 11.1 Å². The molecule has 0 aliphatic carbocycles. The Kier molecular flexibility index (Phi) is 5.05. The number of nitrogens with two attached hydrogens (primary N) is 1. The standard InChI is InChI=1S/C19H14BrClN8/c1-10(26-18-12(7-22)17(23)24-9-25-18)13-8-29-19(14(20)16(21)28-29)27-15(13)11-5-3-2-4-6-11/h2-6,8-10H,1H3,(H3,23,24,25,26)/t10-/m0/s1. The third-order valence-corrected chi connectivity index (χ3v) is 5.62. The zero-order valence-electron chi connectivity index (χ0n) is 15.1. The van der Waals surface area contributed by atoms with Gasteiger partial charge in [0.25, 0.3) is 0 Å². The molecule has 3 aromatic heterocycles. The average Bonchev–Trinajstić information content (AvgIpc) is 3.01. The van der Waals surface area contributed by atoms with Crippen LogP contribution in [0.1, 0.15) is 24.1 Å². The van der Waals surface area contributed by atoms with Crippen molar-refractivity contribution >= 4 is 44.8 Å². The average molecular weight is 470 g/mol. The molecule has 0 bridgehead atoms. The van der Waals surface area contributed by atoms with E-state index in [1.54, 1.807) is 4.52 Å². The van der Waals surface area contributed by atoms with Gasteiger partial charge in [0.1, 0.15) is 34.1 Å². The van der Waals surface area contributed by atoms with E-state index in [0.717, 1.165) is 16.8 Å². The Morgan fingerprint density at radius 2 is 2.03 bits per heavy atom. The largest absolute Gasteiger partial charge is 0.382 e. The lowest BCUT2D eigenvalue weighted by Gasteiger charge is -2.19. The van der Waals surface area contributed by atoms with E-state index >= 15 is 0 Å². The molecule has 0 aliphatic rings. The van der Waals surface area contributed by atoms with Crippen molar-refractivity contribution in [1.29, 1.82) is 5.26 Å². The van der Waals surface area contributed by atoms with Crippen LogP contribution < -0.4 is 11.1 Å². The molecule has 0 amide bonds. The zero-order valence-corrected chi connectivity index (χ0v) is 17.5. The van der Waals surface area contributed by atoms with Gasteiger partial charge in [-0.15, -0.1) is 0 Å². The monoisotopic (exact) mass is 468 g/mol. The summed E-state index contributed by atoms with van der Waals surface area (Å²) < 4.78 is 2.24. The molecule has 3 heterocycles. The van der Waals surface area contributed by atoms with Crippen LogP contribution in [0, 0.1) is 11.3 Å². The second kappa shape index (κ2) is 7.66. The van der Waals surface area contributed by atoms with Gasteiger partial charge in [0, 0.05) is 17.3 Å².